The minimum Gasteiger partial charge on any atom is -0.483 e. The molecule has 0 aliphatic carbocycles. The third-order valence-corrected chi connectivity index (χ3v) is 3.34. The lowest BCUT2D eigenvalue weighted by Gasteiger charge is -2.34. The third kappa shape index (κ3) is 1.34. The van der Waals surface area contributed by atoms with Crippen molar-refractivity contribution in [3.05, 3.63) is 35.4 Å². The standard InChI is InChI=1S/C12H14OS/c1-8-11(14)9-6-4-5-7-10(9)13-12(8,2)3/h4-7,14H,1-3H3. The van der Waals surface area contributed by atoms with E-state index in [-0.39, 0.29) is 5.60 Å². The zero-order chi connectivity index (χ0) is 10.3. The maximum absolute atomic E-state index is 5.90. The molecule has 1 aromatic rings. The van der Waals surface area contributed by atoms with Gasteiger partial charge in [0.25, 0.3) is 0 Å². The lowest BCUT2D eigenvalue weighted by Crippen LogP contribution is -2.32. The van der Waals surface area contributed by atoms with Crippen LogP contribution < -0.4 is 4.74 Å². The molecule has 0 amide bonds. The Morgan fingerprint density at radius 3 is 2.57 bits per heavy atom. The number of hydrogen-bond donors (Lipinski definition) is 1. The molecule has 2 heteroatoms. The van der Waals surface area contributed by atoms with Crippen LogP contribution in [-0.4, -0.2) is 5.60 Å². The zero-order valence-corrected chi connectivity index (χ0v) is 9.56. The van der Waals surface area contributed by atoms with E-state index < -0.39 is 0 Å². The lowest BCUT2D eigenvalue weighted by atomic mass is 9.93. The number of para-hydroxylation sites is 1. The van der Waals surface area contributed by atoms with Gasteiger partial charge in [-0.05, 0) is 32.4 Å². The number of benzene rings is 1. The van der Waals surface area contributed by atoms with Crippen molar-refractivity contribution in [2.24, 2.45) is 0 Å². The molecule has 14 heavy (non-hydrogen) atoms. The van der Waals surface area contributed by atoms with Crippen LogP contribution in [0.2, 0.25) is 0 Å². The third-order valence-electron chi connectivity index (χ3n) is 2.77. The molecule has 0 bridgehead atoms. The summed E-state index contributed by atoms with van der Waals surface area (Å²) >= 11 is 4.55. The second kappa shape index (κ2) is 3.06. The Hall–Kier alpha value is -0.890. The van der Waals surface area contributed by atoms with Gasteiger partial charge in [0.05, 0.1) is 0 Å². The van der Waals surface area contributed by atoms with Crippen LogP contribution in [0.1, 0.15) is 26.3 Å². The molecule has 0 spiro atoms. The van der Waals surface area contributed by atoms with Crippen molar-refractivity contribution in [1.82, 2.24) is 0 Å². The Balaban J connectivity index is 2.64. The molecule has 0 unspecified atom stereocenters. The molecule has 0 N–H and O–H groups in total. The van der Waals surface area contributed by atoms with E-state index in [2.05, 4.69) is 33.4 Å². The predicted molar refractivity (Wildman–Crippen MR) is 62.7 cm³/mol. The quantitative estimate of drug-likeness (QED) is 0.639. The van der Waals surface area contributed by atoms with Gasteiger partial charge < -0.3 is 4.74 Å². The van der Waals surface area contributed by atoms with Crippen molar-refractivity contribution in [2.75, 3.05) is 0 Å². The first-order chi connectivity index (χ1) is 6.52. The van der Waals surface area contributed by atoms with Gasteiger partial charge in [0.1, 0.15) is 11.4 Å². The van der Waals surface area contributed by atoms with Gasteiger partial charge in [-0.3, -0.25) is 0 Å². The first-order valence-corrected chi connectivity index (χ1v) is 5.16. The predicted octanol–water partition coefficient (Wildman–Crippen LogP) is 3.52. The minimum absolute atomic E-state index is 0.245. The molecule has 0 radical (unpaired) electrons. The van der Waals surface area contributed by atoms with Crippen LogP contribution in [0.3, 0.4) is 0 Å². The van der Waals surface area contributed by atoms with E-state index in [0.717, 1.165) is 16.2 Å². The van der Waals surface area contributed by atoms with Crippen molar-refractivity contribution in [2.45, 2.75) is 26.4 Å². The van der Waals surface area contributed by atoms with Crippen molar-refractivity contribution >= 4 is 17.5 Å². The van der Waals surface area contributed by atoms with E-state index in [9.17, 15) is 0 Å². The smallest absolute Gasteiger partial charge is 0.128 e. The van der Waals surface area contributed by atoms with E-state index >= 15 is 0 Å². The summed E-state index contributed by atoms with van der Waals surface area (Å²) in [7, 11) is 0. The summed E-state index contributed by atoms with van der Waals surface area (Å²) in [5.41, 5.74) is 2.03. The van der Waals surface area contributed by atoms with Crippen LogP contribution >= 0.6 is 12.6 Å². The molecule has 1 aliphatic rings. The van der Waals surface area contributed by atoms with E-state index in [1.165, 1.54) is 5.57 Å². The fourth-order valence-electron chi connectivity index (χ4n) is 1.59. The topological polar surface area (TPSA) is 9.23 Å². The lowest BCUT2D eigenvalue weighted by molar-refractivity contribution is 0.145. The SMILES string of the molecule is CC1=C(S)c2ccccc2OC1(C)C. The largest absolute Gasteiger partial charge is 0.483 e. The second-order valence-corrected chi connectivity index (χ2v) is 4.53. The van der Waals surface area contributed by atoms with Crippen molar-refractivity contribution in [1.29, 1.82) is 0 Å². The summed E-state index contributed by atoms with van der Waals surface area (Å²) in [6, 6.07) is 8.01. The van der Waals surface area contributed by atoms with E-state index in [4.69, 9.17) is 4.74 Å². The Morgan fingerprint density at radius 1 is 1.21 bits per heavy atom. The highest BCUT2D eigenvalue weighted by Gasteiger charge is 2.30. The second-order valence-electron chi connectivity index (χ2n) is 4.08. The summed E-state index contributed by atoms with van der Waals surface area (Å²) in [5, 5.41) is 0. The number of rotatable bonds is 0. The Labute approximate surface area is 90.2 Å². The van der Waals surface area contributed by atoms with Gasteiger partial charge in [0.2, 0.25) is 0 Å². The summed E-state index contributed by atoms with van der Waals surface area (Å²) in [5.74, 6) is 0.924. The Bertz CT molecular complexity index is 405. The van der Waals surface area contributed by atoms with Crippen LogP contribution in [-0.2, 0) is 0 Å². The number of ether oxygens (including phenoxy) is 1. The molecule has 0 saturated carbocycles. The highest BCUT2D eigenvalue weighted by molar-refractivity contribution is 7.90. The van der Waals surface area contributed by atoms with E-state index in [0.29, 0.717) is 0 Å². The highest BCUT2D eigenvalue weighted by atomic mass is 32.1. The van der Waals surface area contributed by atoms with Gasteiger partial charge in [-0.2, -0.15) is 0 Å². The van der Waals surface area contributed by atoms with Crippen LogP contribution in [0, 0.1) is 0 Å². The fourth-order valence-corrected chi connectivity index (χ4v) is 2.04. The van der Waals surface area contributed by atoms with Crippen LogP contribution in [0.4, 0.5) is 0 Å². The number of thiol groups is 1. The van der Waals surface area contributed by atoms with Crippen LogP contribution in [0.5, 0.6) is 5.75 Å². The summed E-state index contributed by atoms with van der Waals surface area (Å²) in [6.45, 7) is 6.20. The summed E-state index contributed by atoms with van der Waals surface area (Å²) < 4.78 is 5.90. The summed E-state index contributed by atoms with van der Waals surface area (Å²) in [4.78, 5) is 1.04. The van der Waals surface area contributed by atoms with Crippen molar-refractivity contribution in [3.8, 4) is 5.75 Å². The first kappa shape index (κ1) is 9.66. The molecule has 1 nitrogen and oxygen atoms in total. The first-order valence-electron chi connectivity index (χ1n) is 4.71. The van der Waals surface area contributed by atoms with Gasteiger partial charge in [0, 0.05) is 10.5 Å². The summed E-state index contributed by atoms with van der Waals surface area (Å²) in [6.07, 6.45) is 0. The van der Waals surface area contributed by atoms with Gasteiger partial charge in [-0.25, -0.2) is 0 Å². The molecule has 0 fully saturated rings. The molecule has 1 heterocycles. The molecule has 0 saturated heterocycles. The maximum atomic E-state index is 5.90. The fraction of sp³-hybridized carbons (Fsp3) is 0.333. The molecule has 0 atom stereocenters. The minimum atomic E-state index is -0.245. The Kier molecular flexibility index (Phi) is 2.11. The van der Waals surface area contributed by atoms with Gasteiger partial charge >= 0.3 is 0 Å². The highest BCUT2D eigenvalue weighted by Crippen LogP contribution is 2.41. The van der Waals surface area contributed by atoms with E-state index in [1.807, 2.05) is 24.3 Å². The van der Waals surface area contributed by atoms with Crippen molar-refractivity contribution in [3.63, 3.8) is 0 Å². The molecule has 74 valence electrons. The average Bonchev–Trinajstić information content (AvgIpc) is 2.14. The number of hydrogen-bond acceptors (Lipinski definition) is 2. The van der Waals surface area contributed by atoms with Crippen LogP contribution in [0.25, 0.3) is 4.91 Å². The van der Waals surface area contributed by atoms with Gasteiger partial charge in [-0.15, -0.1) is 12.6 Å². The maximum Gasteiger partial charge on any atom is 0.128 e. The molecular weight excluding hydrogens is 192 g/mol. The Morgan fingerprint density at radius 2 is 1.86 bits per heavy atom. The molecule has 0 aromatic heterocycles. The average molecular weight is 206 g/mol. The van der Waals surface area contributed by atoms with Crippen LogP contribution in [0.15, 0.2) is 29.8 Å². The molecular formula is C12H14OS. The molecule has 1 aliphatic heterocycles. The zero-order valence-electron chi connectivity index (χ0n) is 8.66. The molecule has 1 aromatic carbocycles. The normalized spacial score (nSPS) is 18.9. The van der Waals surface area contributed by atoms with Crippen molar-refractivity contribution < 1.29 is 4.74 Å². The van der Waals surface area contributed by atoms with Gasteiger partial charge in [-0.1, -0.05) is 18.2 Å². The monoisotopic (exact) mass is 206 g/mol. The number of fused-ring (bicyclic) bond motifs is 1. The van der Waals surface area contributed by atoms with E-state index in [1.54, 1.807) is 0 Å². The van der Waals surface area contributed by atoms with Gasteiger partial charge in [0.15, 0.2) is 0 Å². The molecule has 2 rings (SSSR count).